The Bertz CT molecular complexity index is 432. The summed E-state index contributed by atoms with van der Waals surface area (Å²) in [5.74, 6) is 0.0688. The van der Waals surface area contributed by atoms with Gasteiger partial charge in [0, 0.05) is 13.1 Å². The minimum atomic E-state index is -0.652. The van der Waals surface area contributed by atoms with Crippen molar-refractivity contribution in [1.29, 1.82) is 0 Å². The highest BCUT2D eigenvalue weighted by molar-refractivity contribution is 5.87. The summed E-state index contributed by atoms with van der Waals surface area (Å²) in [5, 5.41) is 4.89. The van der Waals surface area contributed by atoms with Crippen LogP contribution in [0, 0.1) is 5.92 Å². The Kier molecular flexibility index (Phi) is 7.32. The molecule has 0 bridgehead atoms. The molecule has 0 aromatic carbocycles. The molecular weight excluding hydrogens is 298 g/mol. The highest BCUT2D eigenvalue weighted by Crippen LogP contribution is 2.18. The number of rotatable bonds is 5. The zero-order valence-electron chi connectivity index (χ0n) is 14.6. The first-order valence-corrected chi connectivity index (χ1v) is 8.22. The second-order valence-corrected chi connectivity index (χ2v) is 6.89. The smallest absolute Gasteiger partial charge is 0.408 e. The van der Waals surface area contributed by atoms with Crippen molar-refractivity contribution in [3.05, 3.63) is 0 Å². The summed E-state index contributed by atoms with van der Waals surface area (Å²) >= 11 is 0. The number of hydrogen-bond donors (Lipinski definition) is 2. The largest absolute Gasteiger partial charge is 0.444 e. The van der Waals surface area contributed by atoms with E-state index in [1.165, 1.54) is 0 Å². The van der Waals surface area contributed by atoms with E-state index in [0.717, 1.165) is 32.4 Å². The van der Waals surface area contributed by atoms with Crippen molar-refractivity contribution in [2.75, 3.05) is 26.2 Å². The number of amides is 3. The molecule has 0 radical (unpaired) electrons. The van der Waals surface area contributed by atoms with Gasteiger partial charge in [-0.3, -0.25) is 9.59 Å². The molecule has 1 aliphatic heterocycles. The topological polar surface area (TPSA) is 87.7 Å². The Hall–Kier alpha value is -1.79. The van der Waals surface area contributed by atoms with Gasteiger partial charge in [-0.1, -0.05) is 13.3 Å². The molecule has 1 rings (SSSR count). The summed E-state index contributed by atoms with van der Waals surface area (Å²) in [6.07, 6.45) is 2.58. The van der Waals surface area contributed by atoms with Gasteiger partial charge in [-0.05, 0) is 39.5 Å². The standard InChI is InChI=1S/C16H29N3O4/c1-5-12-7-6-8-19(11-12)14(21)10-17-13(20)9-18-15(22)23-16(2,3)4/h12H,5-11H2,1-4H3,(H,17,20)(H,18,22)/t12-/m0/s1. The highest BCUT2D eigenvalue weighted by atomic mass is 16.6. The highest BCUT2D eigenvalue weighted by Gasteiger charge is 2.22. The number of likely N-dealkylation sites (tertiary alicyclic amines) is 1. The molecule has 0 aromatic rings. The molecule has 1 saturated heterocycles. The van der Waals surface area contributed by atoms with Gasteiger partial charge in [0.2, 0.25) is 11.8 Å². The summed E-state index contributed by atoms with van der Waals surface area (Å²) in [7, 11) is 0. The van der Waals surface area contributed by atoms with E-state index in [1.807, 2.05) is 0 Å². The summed E-state index contributed by atoms with van der Waals surface area (Å²) in [5.41, 5.74) is -0.611. The quantitative estimate of drug-likeness (QED) is 0.796. The van der Waals surface area contributed by atoms with E-state index in [-0.39, 0.29) is 19.0 Å². The number of alkyl carbamates (subject to hydrolysis) is 1. The third-order valence-corrected chi connectivity index (χ3v) is 3.68. The van der Waals surface area contributed by atoms with E-state index in [4.69, 9.17) is 4.74 Å². The van der Waals surface area contributed by atoms with Crippen molar-refractivity contribution >= 4 is 17.9 Å². The Morgan fingerprint density at radius 2 is 1.87 bits per heavy atom. The van der Waals surface area contributed by atoms with Gasteiger partial charge >= 0.3 is 6.09 Å². The number of nitrogens with one attached hydrogen (secondary N) is 2. The van der Waals surface area contributed by atoms with Crippen molar-refractivity contribution in [3.63, 3.8) is 0 Å². The predicted octanol–water partition coefficient (Wildman–Crippen LogP) is 1.28. The van der Waals surface area contributed by atoms with Crippen LogP contribution in [-0.2, 0) is 14.3 Å². The summed E-state index contributed by atoms with van der Waals surface area (Å²) < 4.78 is 5.03. The number of ether oxygens (including phenoxy) is 1. The van der Waals surface area contributed by atoms with Crippen LogP contribution in [0.4, 0.5) is 4.79 Å². The van der Waals surface area contributed by atoms with Gasteiger partial charge < -0.3 is 20.3 Å². The molecule has 132 valence electrons. The molecule has 3 amide bonds. The summed E-state index contributed by atoms with van der Waals surface area (Å²) in [6, 6.07) is 0. The van der Waals surface area contributed by atoms with Crippen LogP contribution in [0.3, 0.4) is 0 Å². The average molecular weight is 327 g/mol. The van der Waals surface area contributed by atoms with Crippen molar-refractivity contribution < 1.29 is 19.1 Å². The molecule has 0 unspecified atom stereocenters. The fraction of sp³-hybridized carbons (Fsp3) is 0.812. The van der Waals surface area contributed by atoms with Crippen LogP contribution < -0.4 is 10.6 Å². The first-order chi connectivity index (χ1) is 10.7. The Balaban J connectivity index is 2.25. The molecule has 0 aliphatic carbocycles. The molecule has 1 heterocycles. The zero-order valence-corrected chi connectivity index (χ0v) is 14.6. The van der Waals surface area contributed by atoms with Crippen LogP contribution in [0.15, 0.2) is 0 Å². The molecule has 7 heteroatoms. The maximum atomic E-state index is 12.1. The molecule has 23 heavy (non-hydrogen) atoms. The van der Waals surface area contributed by atoms with E-state index < -0.39 is 17.6 Å². The minimum absolute atomic E-state index is 0.0364. The summed E-state index contributed by atoms with van der Waals surface area (Å²) in [4.78, 5) is 37.0. The van der Waals surface area contributed by atoms with E-state index in [9.17, 15) is 14.4 Å². The minimum Gasteiger partial charge on any atom is -0.444 e. The van der Waals surface area contributed by atoms with Crippen LogP contribution in [0.5, 0.6) is 0 Å². The SMILES string of the molecule is CC[C@H]1CCCN(C(=O)CNC(=O)CNC(=O)OC(C)(C)C)C1. The number of piperidine rings is 1. The third kappa shape index (κ3) is 7.85. The second-order valence-electron chi connectivity index (χ2n) is 6.89. The average Bonchev–Trinajstić information content (AvgIpc) is 2.49. The van der Waals surface area contributed by atoms with Gasteiger partial charge in [0.25, 0.3) is 0 Å². The van der Waals surface area contributed by atoms with E-state index in [1.54, 1.807) is 25.7 Å². The van der Waals surface area contributed by atoms with E-state index >= 15 is 0 Å². The fourth-order valence-corrected chi connectivity index (χ4v) is 2.44. The van der Waals surface area contributed by atoms with Gasteiger partial charge in [0.05, 0.1) is 6.54 Å². The number of nitrogens with zero attached hydrogens (tertiary/aromatic N) is 1. The van der Waals surface area contributed by atoms with Gasteiger partial charge in [-0.25, -0.2) is 4.79 Å². The Labute approximate surface area is 138 Å². The lowest BCUT2D eigenvalue weighted by atomic mass is 9.96. The van der Waals surface area contributed by atoms with E-state index in [0.29, 0.717) is 5.92 Å². The Morgan fingerprint density at radius 3 is 2.48 bits per heavy atom. The van der Waals surface area contributed by atoms with Gasteiger partial charge in [-0.2, -0.15) is 0 Å². The lowest BCUT2D eigenvalue weighted by Gasteiger charge is -2.32. The second kappa shape index (κ2) is 8.74. The first kappa shape index (κ1) is 19.3. The Morgan fingerprint density at radius 1 is 1.17 bits per heavy atom. The molecule has 7 nitrogen and oxygen atoms in total. The first-order valence-electron chi connectivity index (χ1n) is 8.22. The van der Waals surface area contributed by atoms with Crippen LogP contribution in [-0.4, -0.2) is 54.6 Å². The number of carbonyl (C=O) groups excluding carboxylic acids is 3. The van der Waals surface area contributed by atoms with Crippen molar-refractivity contribution in [3.8, 4) is 0 Å². The monoisotopic (exact) mass is 327 g/mol. The molecule has 0 saturated carbocycles. The maximum Gasteiger partial charge on any atom is 0.408 e. The van der Waals surface area contributed by atoms with Crippen molar-refractivity contribution in [2.45, 2.75) is 52.6 Å². The normalized spacial score (nSPS) is 18.3. The van der Waals surface area contributed by atoms with Crippen LogP contribution in [0.25, 0.3) is 0 Å². The third-order valence-electron chi connectivity index (χ3n) is 3.68. The molecule has 0 spiro atoms. The molecule has 1 atom stereocenters. The van der Waals surface area contributed by atoms with Crippen molar-refractivity contribution in [1.82, 2.24) is 15.5 Å². The number of hydrogen-bond acceptors (Lipinski definition) is 4. The maximum absolute atomic E-state index is 12.1. The summed E-state index contributed by atoms with van der Waals surface area (Å²) in [6.45, 7) is 8.63. The molecule has 2 N–H and O–H groups in total. The van der Waals surface area contributed by atoms with Crippen LogP contribution in [0.2, 0.25) is 0 Å². The lowest BCUT2D eigenvalue weighted by molar-refractivity contribution is -0.134. The van der Waals surface area contributed by atoms with Gasteiger partial charge in [0.15, 0.2) is 0 Å². The van der Waals surface area contributed by atoms with Gasteiger partial charge in [-0.15, -0.1) is 0 Å². The predicted molar refractivity (Wildman–Crippen MR) is 86.8 cm³/mol. The van der Waals surface area contributed by atoms with Gasteiger partial charge in [0.1, 0.15) is 12.1 Å². The molecular formula is C16H29N3O4. The lowest BCUT2D eigenvalue weighted by Crippen LogP contribution is -2.46. The van der Waals surface area contributed by atoms with Crippen molar-refractivity contribution in [2.24, 2.45) is 5.92 Å². The molecule has 0 aromatic heterocycles. The fourth-order valence-electron chi connectivity index (χ4n) is 2.44. The zero-order chi connectivity index (χ0) is 17.5. The van der Waals surface area contributed by atoms with Crippen LogP contribution in [0.1, 0.15) is 47.0 Å². The molecule has 1 fully saturated rings. The molecule has 1 aliphatic rings. The van der Waals surface area contributed by atoms with Crippen LogP contribution >= 0.6 is 0 Å². The van der Waals surface area contributed by atoms with E-state index in [2.05, 4.69) is 17.6 Å². The number of carbonyl (C=O) groups is 3.